The second kappa shape index (κ2) is 10.3. The van der Waals surface area contributed by atoms with Crippen molar-refractivity contribution >= 4 is 29.9 Å². The Balaban J connectivity index is 0.00000225. The van der Waals surface area contributed by atoms with Crippen LogP contribution in [0.2, 0.25) is 0 Å². The molecular weight excluding hydrogens is 463 g/mol. The predicted molar refractivity (Wildman–Crippen MR) is 125 cm³/mol. The summed E-state index contributed by atoms with van der Waals surface area (Å²) < 4.78 is 5.47. The minimum absolute atomic E-state index is 0. The van der Waals surface area contributed by atoms with E-state index in [2.05, 4.69) is 29.0 Å². The maximum atomic E-state index is 5.47. The fraction of sp³-hybridized carbons (Fsp3) is 0.773. The van der Waals surface area contributed by atoms with Gasteiger partial charge in [0.2, 0.25) is 0 Å². The van der Waals surface area contributed by atoms with Crippen LogP contribution in [0.25, 0.3) is 0 Å². The van der Waals surface area contributed by atoms with Crippen LogP contribution in [0.3, 0.4) is 0 Å². The zero-order valence-electron chi connectivity index (χ0n) is 17.5. The van der Waals surface area contributed by atoms with E-state index < -0.39 is 0 Å². The molecule has 1 saturated carbocycles. The number of rotatable bonds is 6. The molecule has 3 unspecified atom stereocenters. The molecule has 0 spiro atoms. The van der Waals surface area contributed by atoms with Crippen molar-refractivity contribution in [3.8, 4) is 0 Å². The van der Waals surface area contributed by atoms with E-state index in [-0.39, 0.29) is 24.0 Å². The highest BCUT2D eigenvalue weighted by Gasteiger charge is 2.42. The second-order valence-corrected chi connectivity index (χ2v) is 8.66. The third kappa shape index (κ3) is 5.43. The first-order valence-electron chi connectivity index (χ1n) is 11.1. The van der Waals surface area contributed by atoms with Crippen LogP contribution in [0.1, 0.15) is 58.1 Å². The van der Waals surface area contributed by atoms with Crippen molar-refractivity contribution < 1.29 is 4.42 Å². The van der Waals surface area contributed by atoms with Crippen molar-refractivity contribution in [1.29, 1.82) is 0 Å². The molecule has 5 nitrogen and oxygen atoms in total. The first-order valence-corrected chi connectivity index (χ1v) is 11.1. The summed E-state index contributed by atoms with van der Waals surface area (Å²) in [5.41, 5.74) is 0. The van der Waals surface area contributed by atoms with Crippen LogP contribution in [-0.2, 0) is 6.42 Å². The first-order chi connectivity index (χ1) is 13.2. The lowest BCUT2D eigenvalue weighted by molar-refractivity contribution is 0.0368. The first kappa shape index (κ1) is 21.9. The van der Waals surface area contributed by atoms with Crippen molar-refractivity contribution in [2.24, 2.45) is 10.9 Å². The lowest BCUT2D eigenvalue weighted by atomic mass is 9.83. The van der Waals surface area contributed by atoms with Gasteiger partial charge in [-0.1, -0.05) is 6.92 Å². The monoisotopic (exact) mass is 500 g/mol. The molecule has 3 fully saturated rings. The van der Waals surface area contributed by atoms with E-state index in [9.17, 15) is 0 Å². The fourth-order valence-electron chi connectivity index (χ4n) is 4.78. The van der Waals surface area contributed by atoms with Crippen LogP contribution in [0, 0.1) is 5.92 Å². The molecule has 158 valence electrons. The van der Waals surface area contributed by atoms with Crippen LogP contribution < -0.4 is 5.32 Å². The Bertz CT molecular complexity index is 616. The molecule has 4 rings (SSSR count). The molecule has 1 aromatic rings. The van der Waals surface area contributed by atoms with Gasteiger partial charge in [-0.05, 0) is 70.0 Å². The number of piperidine rings is 2. The van der Waals surface area contributed by atoms with Crippen molar-refractivity contribution in [3.63, 3.8) is 0 Å². The highest BCUT2D eigenvalue weighted by atomic mass is 127. The Morgan fingerprint density at radius 1 is 1.29 bits per heavy atom. The van der Waals surface area contributed by atoms with Crippen LogP contribution in [0.4, 0.5) is 0 Å². The molecular formula is C22H37IN4O. The summed E-state index contributed by atoms with van der Waals surface area (Å²) in [6.07, 6.45) is 10.6. The van der Waals surface area contributed by atoms with Crippen molar-refractivity contribution in [2.75, 3.05) is 26.2 Å². The predicted octanol–water partition coefficient (Wildman–Crippen LogP) is 4.13. The summed E-state index contributed by atoms with van der Waals surface area (Å²) in [4.78, 5) is 10.4. The number of hydrogen-bond donors (Lipinski definition) is 1. The molecule has 2 saturated heterocycles. The molecule has 3 atom stereocenters. The number of furan rings is 1. The van der Waals surface area contributed by atoms with Gasteiger partial charge >= 0.3 is 0 Å². The molecule has 28 heavy (non-hydrogen) atoms. The number of halogens is 1. The quantitative estimate of drug-likeness (QED) is 0.363. The smallest absolute Gasteiger partial charge is 0.194 e. The molecule has 0 radical (unpaired) electrons. The van der Waals surface area contributed by atoms with Crippen LogP contribution >= 0.6 is 24.0 Å². The molecule has 3 aliphatic rings. The third-order valence-corrected chi connectivity index (χ3v) is 6.61. The number of hydrogen-bond acceptors (Lipinski definition) is 3. The summed E-state index contributed by atoms with van der Waals surface area (Å²) in [5.74, 6) is 2.94. The average Bonchev–Trinajstić information content (AvgIpc) is 3.42. The van der Waals surface area contributed by atoms with E-state index in [1.165, 1.54) is 38.6 Å². The molecule has 1 N–H and O–H groups in total. The van der Waals surface area contributed by atoms with Gasteiger partial charge < -0.3 is 14.6 Å². The highest BCUT2D eigenvalue weighted by molar-refractivity contribution is 14.0. The van der Waals surface area contributed by atoms with Gasteiger partial charge in [0.25, 0.3) is 0 Å². The van der Waals surface area contributed by atoms with Gasteiger partial charge in [0, 0.05) is 44.2 Å². The topological polar surface area (TPSA) is 44.0 Å². The van der Waals surface area contributed by atoms with Gasteiger partial charge in [0.05, 0.1) is 6.26 Å². The van der Waals surface area contributed by atoms with Crippen molar-refractivity contribution in [2.45, 2.75) is 76.9 Å². The number of nitrogens with one attached hydrogen (secondary N) is 1. The average molecular weight is 500 g/mol. The number of nitrogens with zero attached hydrogens (tertiary/aromatic N) is 3. The summed E-state index contributed by atoms with van der Waals surface area (Å²) in [5, 5.41) is 3.69. The molecule has 1 aliphatic carbocycles. The zero-order valence-corrected chi connectivity index (χ0v) is 19.8. The number of likely N-dealkylation sites (tertiary alicyclic amines) is 2. The Labute approximate surface area is 187 Å². The summed E-state index contributed by atoms with van der Waals surface area (Å²) in [6, 6.07) is 6.17. The van der Waals surface area contributed by atoms with E-state index in [1.54, 1.807) is 6.26 Å². The number of fused-ring (bicyclic) bond motifs is 1. The third-order valence-electron chi connectivity index (χ3n) is 6.61. The Morgan fingerprint density at radius 3 is 2.86 bits per heavy atom. The number of aliphatic imine (C=N–C) groups is 1. The molecule has 0 bridgehead atoms. The van der Waals surface area contributed by atoms with Gasteiger partial charge in [-0.25, -0.2) is 0 Å². The van der Waals surface area contributed by atoms with E-state index in [0.29, 0.717) is 6.04 Å². The molecule has 2 aliphatic heterocycles. The van der Waals surface area contributed by atoms with Gasteiger partial charge in [-0.2, -0.15) is 0 Å². The lowest BCUT2D eigenvalue weighted by Gasteiger charge is -2.48. The van der Waals surface area contributed by atoms with Crippen LogP contribution in [-0.4, -0.2) is 60.1 Å². The number of guanidine groups is 1. The Hall–Kier alpha value is -0.760. The lowest BCUT2D eigenvalue weighted by Crippen LogP contribution is -2.58. The maximum absolute atomic E-state index is 5.47. The van der Waals surface area contributed by atoms with E-state index in [4.69, 9.17) is 9.41 Å². The summed E-state index contributed by atoms with van der Waals surface area (Å²) >= 11 is 0. The van der Waals surface area contributed by atoms with Gasteiger partial charge in [-0.15, -0.1) is 24.0 Å². The molecule has 0 amide bonds. The fourth-order valence-corrected chi connectivity index (χ4v) is 4.78. The normalized spacial score (nSPS) is 27.1. The minimum Gasteiger partial charge on any atom is -0.469 e. The van der Waals surface area contributed by atoms with Gasteiger partial charge in [-0.3, -0.25) is 9.89 Å². The standard InChI is InChI=1S/C22H36N4O.HI/c1-3-17(2)24-22(23-12-10-20-7-5-15-27-20)25-14-11-21-18(16-25)6-4-13-26(21)19-8-9-19;/h5,7,15,17-19,21H,3-4,6,8-14,16H2,1-2H3,(H,23,24);1H. The Morgan fingerprint density at radius 2 is 2.14 bits per heavy atom. The van der Waals surface area contributed by atoms with Crippen molar-refractivity contribution in [3.05, 3.63) is 24.2 Å². The van der Waals surface area contributed by atoms with Gasteiger partial charge in [0.15, 0.2) is 5.96 Å². The maximum Gasteiger partial charge on any atom is 0.194 e. The van der Waals surface area contributed by atoms with E-state index >= 15 is 0 Å². The molecule has 1 aromatic heterocycles. The van der Waals surface area contributed by atoms with Crippen LogP contribution in [0.5, 0.6) is 0 Å². The molecule has 3 heterocycles. The zero-order chi connectivity index (χ0) is 18.6. The van der Waals surface area contributed by atoms with Crippen molar-refractivity contribution in [1.82, 2.24) is 15.1 Å². The SMILES string of the molecule is CCC(C)NC(=NCCc1ccco1)N1CCC2C(CCCN2C2CC2)C1.I. The van der Waals surface area contributed by atoms with Gasteiger partial charge in [0.1, 0.15) is 5.76 Å². The summed E-state index contributed by atoms with van der Waals surface area (Å²) in [7, 11) is 0. The Kier molecular flexibility index (Phi) is 8.09. The van der Waals surface area contributed by atoms with Crippen LogP contribution in [0.15, 0.2) is 27.8 Å². The molecule has 0 aromatic carbocycles. The summed E-state index contributed by atoms with van der Waals surface area (Å²) in [6.45, 7) is 8.90. The van der Waals surface area contributed by atoms with E-state index in [1.807, 2.05) is 12.1 Å². The molecule has 6 heteroatoms. The minimum atomic E-state index is 0. The highest BCUT2D eigenvalue weighted by Crippen LogP contribution is 2.38. The largest absolute Gasteiger partial charge is 0.469 e. The van der Waals surface area contributed by atoms with E-state index in [0.717, 1.165) is 62.2 Å². The second-order valence-electron chi connectivity index (χ2n) is 8.66.